The molecule has 6 nitrogen and oxygen atoms in total. The highest BCUT2D eigenvalue weighted by Gasteiger charge is 2.25. The van der Waals surface area contributed by atoms with Crippen molar-refractivity contribution in [2.24, 2.45) is 0 Å². The molecule has 0 radical (unpaired) electrons. The Labute approximate surface area is 148 Å². The average molecular weight is 342 g/mol. The van der Waals surface area contributed by atoms with E-state index in [9.17, 15) is 4.79 Å². The van der Waals surface area contributed by atoms with Gasteiger partial charge in [0.2, 0.25) is 5.91 Å². The topological polar surface area (TPSA) is 59.4 Å². The lowest BCUT2D eigenvalue weighted by atomic mass is 9.97. The highest BCUT2D eigenvalue weighted by molar-refractivity contribution is 5.92. The first-order chi connectivity index (χ1) is 12.2. The number of nitrogens with one attached hydrogen (secondary N) is 1. The largest absolute Gasteiger partial charge is 0.497 e. The van der Waals surface area contributed by atoms with Gasteiger partial charge in [0.1, 0.15) is 11.6 Å². The molecule has 0 spiro atoms. The number of aromatic nitrogens is 2. The monoisotopic (exact) mass is 342 g/mol. The molecule has 1 saturated heterocycles. The minimum Gasteiger partial charge on any atom is -0.497 e. The summed E-state index contributed by atoms with van der Waals surface area (Å²) in [6, 6.07) is 7.40. The zero-order valence-electron chi connectivity index (χ0n) is 14.9. The second-order valence-corrected chi connectivity index (χ2v) is 6.42. The van der Waals surface area contributed by atoms with E-state index in [1.807, 2.05) is 36.7 Å². The lowest BCUT2D eigenvalue weighted by Crippen LogP contribution is -2.40. The summed E-state index contributed by atoms with van der Waals surface area (Å²) in [6.07, 6.45) is 6.13. The van der Waals surface area contributed by atoms with Gasteiger partial charge in [-0.25, -0.2) is 4.98 Å². The summed E-state index contributed by atoms with van der Waals surface area (Å²) in [7, 11) is 1.63. The smallest absolute Gasteiger partial charge is 0.238 e. The number of rotatable bonds is 6. The third-order valence-electron chi connectivity index (χ3n) is 4.70. The van der Waals surface area contributed by atoms with Gasteiger partial charge in [0.05, 0.1) is 13.7 Å². The first kappa shape index (κ1) is 17.5. The van der Waals surface area contributed by atoms with Crippen LogP contribution in [0.4, 0.5) is 5.69 Å². The molecule has 1 aliphatic heterocycles. The Kier molecular flexibility index (Phi) is 5.71. The van der Waals surface area contributed by atoms with Crippen LogP contribution < -0.4 is 10.1 Å². The number of piperidine rings is 1. The van der Waals surface area contributed by atoms with Gasteiger partial charge in [-0.2, -0.15) is 0 Å². The van der Waals surface area contributed by atoms with Crippen LogP contribution in [-0.4, -0.2) is 47.1 Å². The van der Waals surface area contributed by atoms with Crippen LogP contribution in [0.15, 0.2) is 36.7 Å². The molecular weight excluding hydrogens is 316 g/mol. The number of benzene rings is 1. The van der Waals surface area contributed by atoms with Gasteiger partial charge in [-0.15, -0.1) is 0 Å². The molecule has 0 unspecified atom stereocenters. The van der Waals surface area contributed by atoms with Crippen molar-refractivity contribution in [3.05, 3.63) is 42.5 Å². The standard InChI is InChI=1S/C19H26N4O2/c1-3-23-12-10-20-19(23)15-5-4-11-22(13-15)14-18(24)21-16-6-8-17(25-2)9-7-16/h6-10,12,15H,3-5,11,13-14H2,1-2H3,(H,21,24)/t15-/m1/s1. The van der Waals surface area contributed by atoms with Crippen LogP contribution in [0, 0.1) is 0 Å². The van der Waals surface area contributed by atoms with E-state index in [0.29, 0.717) is 12.5 Å². The zero-order chi connectivity index (χ0) is 17.6. The first-order valence-electron chi connectivity index (χ1n) is 8.87. The van der Waals surface area contributed by atoms with Crippen LogP contribution in [0.3, 0.4) is 0 Å². The van der Waals surface area contributed by atoms with Crippen LogP contribution >= 0.6 is 0 Å². The summed E-state index contributed by atoms with van der Waals surface area (Å²) in [5, 5.41) is 2.96. The van der Waals surface area contributed by atoms with Gasteiger partial charge in [-0.1, -0.05) is 0 Å². The second-order valence-electron chi connectivity index (χ2n) is 6.42. The van der Waals surface area contributed by atoms with Gasteiger partial charge in [-0.3, -0.25) is 9.69 Å². The molecule has 134 valence electrons. The van der Waals surface area contributed by atoms with E-state index in [1.165, 1.54) is 0 Å². The van der Waals surface area contributed by atoms with Crippen molar-refractivity contribution in [1.29, 1.82) is 0 Å². The Morgan fingerprint density at radius 2 is 2.16 bits per heavy atom. The molecule has 0 aliphatic carbocycles. The van der Waals surface area contributed by atoms with E-state index in [1.54, 1.807) is 7.11 Å². The number of imidazole rings is 1. The van der Waals surface area contributed by atoms with Crippen molar-refractivity contribution in [3.8, 4) is 5.75 Å². The SMILES string of the molecule is CCn1ccnc1[C@@H]1CCCN(CC(=O)Nc2ccc(OC)cc2)C1. The molecule has 6 heteroatoms. The number of amides is 1. The summed E-state index contributed by atoms with van der Waals surface area (Å²) < 4.78 is 7.33. The molecule has 0 saturated carbocycles. The third-order valence-corrected chi connectivity index (χ3v) is 4.70. The molecule has 1 aromatic carbocycles. The van der Waals surface area contributed by atoms with Crippen molar-refractivity contribution >= 4 is 11.6 Å². The molecule has 1 fully saturated rings. The summed E-state index contributed by atoms with van der Waals surface area (Å²) >= 11 is 0. The lowest BCUT2D eigenvalue weighted by molar-refractivity contribution is -0.117. The Bertz CT molecular complexity index is 696. The number of methoxy groups -OCH3 is 1. The van der Waals surface area contributed by atoms with E-state index in [0.717, 1.165) is 49.7 Å². The maximum absolute atomic E-state index is 12.3. The van der Waals surface area contributed by atoms with Gasteiger partial charge in [0.25, 0.3) is 0 Å². The number of likely N-dealkylation sites (tertiary alicyclic amines) is 1. The van der Waals surface area contributed by atoms with Gasteiger partial charge in [-0.05, 0) is 50.6 Å². The fourth-order valence-corrected chi connectivity index (χ4v) is 3.44. The molecule has 1 atom stereocenters. The quantitative estimate of drug-likeness (QED) is 0.877. The molecule has 1 amide bonds. The van der Waals surface area contributed by atoms with Gasteiger partial charge in [0, 0.05) is 37.1 Å². The van der Waals surface area contributed by atoms with Crippen LogP contribution in [0.2, 0.25) is 0 Å². The Balaban J connectivity index is 1.55. The van der Waals surface area contributed by atoms with Gasteiger partial charge >= 0.3 is 0 Å². The van der Waals surface area contributed by atoms with E-state index >= 15 is 0 Å². The number of ether oxygens (including phenoxy) is 1. The van der Waals surface area contributed by atoms with Crippen molar-refractivity contribution in [2.75, 3.05) is 32.1 Å². The molecule has 1 aliphatic rings. The van der Waals surface area contributed by atoms with Crippen LogP contribution in [0.1, 0.15) is 31.5 Å². The van der Waals surface area contributed by atoms with E-state index in [2.05, 4.69) is 26.7 Å². The lowest BCUT2D eigenvalue weighted by Gasteiger charge is -2.32. The minimum absolute atomic E-state index is 0.0182. The fourth-order valence-electron chi connectivity index (χ4n) is 3.44. The number of aryl methyl sites for hydroxylation is 1. The summed E-state index contributed by atoms with van der Waals surface area (Å²) in [4.78, 5) is 19.1. The normalized spacial score (nSPS) is 18.1. The maximum Gasteiger partial charge on any atom is 0.238 e. The molecule has 2 heterocycles. The van der Waals surface area contributed by atoms with Gasteiger partial charge < -0.3 is 14.6 Å². The van der Waals surface area contributed by atoms with E-state index in [4.69, 9.17) is 4.74 Å². The van der Waals surface area contributed by atoms with Crippen LogP contribution in [0.25, 0.3) is 0 Å². The van der Waals surface area contributed by atoms with E-state index < -0.39 is 0 Å². The minimum atomic E-state index is 0.0182. The number of hydrogen-bond acceptors (Lipinski definition) is 4. The van der Waals surface area contributed by atoms with E-state index in [-0.39, 0.29) is 5.91 Å². The zero-order valence-corrected chi connectivity index (χ0v) is 14.9. The molecular formula is C19H26N4O2. The highest BCUT2D eigenvalue weighted by Crippen LogP contribution is 2.25. The number of hydrogen-bond donors (Lipinski definition) is 1. The Hall–Kier alpha value is -2.34. The molecule has 1 N–H and O–H groups in total. The highest BCUT2D eigenvalue weighted by atomic mass is 16.5. The van der Waals surface area contributed by atoms with Crippen LogP contribution in [-0.2, 0) is 11.3 Å². The molecule has 25 heavy (non-hydrogen) atoms. The summed E-state index contributed by atoms with van der Waals surface area (Å²) in [5.41, 5.74) is 0.792. The van der Waals surface area contributed by atoms with Crippen LogP contribution in [0.5, 0.6) is 5.75 Å². The summed E-state index contributed by atoms with van der Waals surface area (Å²) in [6.45, 7) is 5.32. The number of nitrogens with zero attached hydrogens (tertiary/aromatic N) is 3. The average Bonchev–Trinajstić information content (AvgIpc) is 3.11. The second kappa shape index (κ2) is 8.16. The maximum atomic E-state index is 12.3. The molecule has 2 aromatic rings. The summed E-state index contributed by atoms with van der Waals surface area (Å²) in [5.74, 6) is 2.34. The Morgan fingerprint density at radius 3 is 2.88 bits per heavy atom. The molecule has 3 rings (SSSR count). The predicted molar refractivity (Wildman–Crippen MR) is 97.9 cm³/mol. The molecule has 0 bridgehead atoms. The molecule has 1 aromatic heterocycles. The predicted octanol–water partition coefficient (Wildman–Crippen LogP) is 2.73. The van der Waals surface area contributed by atoms with Crippen molar-refractivity contribution in [1.82, 2.24) is 14.5 Å². The number of carbonyl (C=O) groups is 1. The van der Waals surface area contributed by atoms with Crippen molar-refractivity contribution in [2.45, 2.75) is 32.2 Å². The van der Waals surface area contributed by atoms with Crippen molar-refractivity contribution < 1.29 is 9.53 Å². The number of carbonyl (C=O) groups excluding carboxylic acids is 1. The Morgan fingerprint density at radius 1 is 1.36 bits per heavy atom. The number of anilines is 1. The third kappa shape index (κ3) is 4.39. The first-order valence-corrected chi connectivity index (χ1v) is 8.87. The van der Waals surface area contributed by atoms with Crippen molar-refractivity contribution in [3.63, 3.8) is 0 Å². The van der Waals surface area contributed by atoms with Gasteiger partial charge in [0.15, 0.2) is 0 Å². The fraction of sp³-hybridized carbons (Fsp3) is 0.474.